The molecular weight excluding hydrogens is 284 g/mol. The van der Waals surface area contributed by atoms with Crippen LogP contribution in [0, 0.1) is 19.8 Å². The summed E-state index contributed by atoms with van der Waals surface area (Å²) in [5, 5.41) is 4.10. The van der Waals surface area contributed by atoms with E-state index in [1.54, 1.807) is 17.5 Å². The highest BCUT2D eigenvalue weighted by molar-refractivity contribution is 7.11. The highest BCUT2D eigenvalue weighted by Gasteiger charge is 2.22. The predicted octanol–water partition coefficient (Wildman–Crippen LogP) is 2.55. The largest absolute Gasteiger partial charge is 0.346 e. The van der Waals surface area contributed by atoms with Crippen LogP contribution in [0.1, 0.15) is 41.3 Å². The number of carbonyl (C=O) groups excluding carboxylic acids is 1. The summed E-state index contributed by atoms with van der Waals surface area (Å²) >= 11 is 1.59. The van der Waals surface area contributed by atoms with Gasteiger partial charge >= 0.3 is 0 Å². The zero-order valence-electron chi connectivity index (χ0n) is 13.2. The number of aryl methyl sites for hydroxylation is 3. The van der Waals surface area contributed by atoms with Crippen LogP contribution in [0.15, 0.2) is 12.4 Å². The fourth-order valence-corrected chi connectivity index (χ4v) is 3.25. The molecule has 21 heavy (non-hydrogen) atoms. The smallest absolute Gasteiger partial charge is 0.225 e. The van der Waals surface area contributed by atoms with Crippen molar-refractivity contribution in [2.45, 2.75) is 40.2 Å². The monoisotopic (exact) mass is 306 g/mol. The molecular formula is C15H22N4OS. The fourth-order valence-electron chi connectivity index (χ4n) is 2.31. The summed E-state index contributed by atoms with van der Waals surface area (Å²) in [7, 11) is 1.95. The van der Waals surface area contributed by atoms with Crippen LogP contribution in [-0.4, -0.2) is 20.4 Å². The lowest BCUT2D eigenvalue weighted by Crippen LogP contribution is -2.34. The Morgan fingerprint density at radius 2 is 2.14 bits per heavy atom. The molecule has 0 unspecified atom stereocenters. The molecule has 0 saturated carbocycles. The number of aromatic nitrogens is 3. The number of carbonyl (C=O) groups is 1. The molecule has 114 valence electrons. The Bertz CT molecular complexity index is 629. The van der Waals surface area contributed by atoms with Crippen LogP contribution in [-0.2, 0) is 18.3 Å². The number of nitrogens with zero attached hydrogens (tertiary/aromatic N) is 3. The molecule has 0 aliphatic heterocycles. The van der Waals surface area contributed by atoms with Crippen molar-refractivity contribution in [1.82, 2.24) is 19.9 Å². The van der Waals surface area contributed by atoms with E-state index in [0.29, 0.717) is 6.42 Å². The van der Waals surface area contributed by atoms with E-state index >= 15 is 0 Å². The maximum Gasteiger partial charge on any atom is 0.225 e. The molecule has 0 radical (unpaired) electrons. The van der Waals surface area contributed by atoms with Gasteiger partial charge in [-0.2, -0.15) is 0 Å². The lowest BCUT2D eigenvalue weighted by atomic mass is 10.0. The van der Waals surface area contributed by atoms with E-state index < -0.39 is 0 Å². The van der Waals surface area contributed by atoms with Gasteiger partial charge in [0.1, 0.15) is 5.82 Å². The molecule has 6 heteroatoms. The minimum Gasteiger partial charge on any atom is -0.346 e. The van der Waals surface area contributed by atoms with Crippen molar-refractivity contribution >= 4 is 17.2 Å². The number of thiazole rings is 1. The fraction of sp³-hybridized carbons (Fsp3) is 0.533. The maximum absolute atomic E-state index is 12.3. The minimum absolute atomic E-state index is 0.0171. The zero-order chi connectivity index (χ0) is 15.6. The Morgan fingerprint density at radius 3 is 2.62 bits per heavy atom. The van der Waals surface area contributed by atoms with Gasteiger partial charge in [0.2, 0.25) is 5.91 Å². The Labute approximate surface area is 129 Å². The summed E-state index contributed by atoms with van der Waals surface area (Å²) in [4.78, 5) is 22.1. The molecule has 0 fully saturated rings. The van der Waals surface area contributed by atoms with Crippen LogP contribution in [0.25, 0.3) is 0 Å². The van der Waals surface area contributed by atoms with Gasteiger partial charge in [-0.1, -0.05) is 13.8 Å². The number of imidazole rings is 1. The lowest BCUT2D eigenvalue weighted by molar-refractivity contribution is -0.121. The third-order valence-electron chi connectivity index (χ3n) is 3.44. The molecule has 2 aromatic heterocycles. The van der Waals surface area contributed by atoms with E-state index in [4.69, 9.17) is 0 Å². The normalized spacial score (nSPS) is 12.7. The molecule has 1 atom stereocenters. The molecule has 0 aliphatic rings. The van der Waals surface area contributed by atoms with Gasteiger partial charge in [-0.3, -0.25) is 4.79 Å². The van der Waals surface area contributed by atoms with Gasteiger partial charge in [-0.05, 0) is 19.8 Å². The summed E-state index contributed by atoms with van der Waals surface area (Å²) in [5.74, 6) is 1.18. The van der Waals surface area contributed by atoms with E-state index in [0.717, 1.165) is 21.4 Å². The summed E-state index contributed by atoms with van der Waals surface area (Å²) in [6, 6.07) is -0.0770. The van der Waals surface area contributed by atoms with Gasteiger partial charge < -0.3 is 9.88 Å². The summed E-state index contributed by atoms with van der Waals surface area (Å²) in [6.07, 6.45) is 4.03. The van der Waals surface area contributed by atoms with Crippen molar-refractivity contribution in [3.63, 3.8) is 0 Å². The van der Waals surface area contributed by atoms with E-state index in [2.05, 4.69) is 29.1 Å². The molecule has 2 rings (SSSR count). The standard InChI is InChI=1S/C15H22N4OS/c1-9(2)14(15-16-6-7-19(15)5)18-13(20)8-12-10(3)17-11(4)21-12/h6-7,9,14H,8H2,1-5H3,(H,18,20)/t14-/m0/s1. The second kappa shape index (κ2) is 6.39. The second-order valence-corrected chi connectivity index (χ2v) is 6.89. The van der Waals surface area contributed by atoms with Crippen LogP contribution in [0.4, 0.5) is 0 Å². The van der Waals surface area contributed by atoms with Gasteiger partial charge in [-0.25, -0.2) is 9.97 Å². The molecule has 2 heterocycles. The van der Waals surface area contributed by atoms with E-state index in [1.165, 1.54) is 0 Å². The van der Waals surface area contributed by atoms with Gasteiger partial charge in [0, 0.05) is 24.3 Å². The van der Waals surface area contributed by atoms with Crippen LogP contribution < -0.4 is 5.32 Å². The molecule has 5 nitrogen and oxygen atoms in total. The SMILES string of the molecule is Cc1nc(C)c(CC(=O)N[C@H](c2nccn2C)C(C)C)s1. The third-order valence-corrected chi connectivity index (χ3v) is 4.51. The average molecular weight is 306 g/mol. The highest BCUT2D eigenvalue weighted by Crippen LogP contribution is 2.21. The Kier molecular flexibility index (Phi) is 4.77. The minimum atomic E-state index is -0.0770. The summed E-state index contributed by atoms with van der Waals surface area (Å²) in [6.45, 7) is 8.08. The van der Waals surface area contributed by atoms with Gasteiger partial charge in [0.05, 0.1) is 23.2 Å². The van der Waals surface area contributed by atoms with Crippen LogP contribution in [0.5, 0.6) is 0 Å². The van der Waals surface area contributed by atoms with Crippen molar-refractivity contribution in [2.24, 2.45) is 13.0 Å². The predicted molar refractivity (Wildman–Crippen MR) is 84.2 cm³/mol. The van der Waals surface area contributed by atoms with Gasteiger partial charge in [0.25, 0.3) is 0 Å². The molecule has 0 aliphatic carbocycles. The number of hydrogen-bond donors (Lipinski definition) is 1. The summed E-state index contributed by atoms with van der Waals surface area (Å²) in [5.41, 5.74) is 0.950. The molecule has 1 amide bonds. The topological polar surface area (TPSA) is 59.8 Å². The van der Waals surface area contributed by atoms with Crippen molar-refractivity contribution in [3.05, 3.63) is 33.8 Å². The Hall–Kier alpha value is -1.69. The first-order chi connectivity index (χ1) is 9.88. The van der Waals surface area contributed by atoms with E-state index in [9.17, 15) is 4.79 Å². The van der Waals surface area contributed by atoms with E-state index in [-0.39, 0.29) is 17.9 Å². The molecule has 0 aromatic carbocycles. The number of hydrogen-bond acceptors (Lipinski definition) is 4. The second-order valence-electron chi connectivity index (χ2n) is 5.60. The Balaban J connectivity index is 2.09. The van der Waals surface area contributed by atoms with Crippen molar-refractivity contribution < 1.29 is 4.79 Å². The van der Waals surface area contributed by atoms with Gasteiger partial charge in [0.15, 0.2) is 0 Å². The number of amides is 1. The van der Waals surface area contributed by atoms with Crippen molar-refractivity contribution in [1.29, 1.82) is 0 Å². The molecule has 2 aromatic rings. The number of nitrogens with one attached hydrogen (secondary N) is 1. The molecule has 0 bridgehead atoms. The maximum atomic E-state index is 12.3. The average Bonchev–Trinajstić information content (AvgIpc) is 2.93. The van der Waals surface area contributed by atoms with Crippen LogP contribution in [0.2, 0.25) is 0 Å². The van der Waals surface area contributed by atoms with Crippen molar-refractivity contribution in [2.75, 3.05) is 0 Å². The first-order valence-electron chi connectivity index (χ1n) is 7.08. The lowest BCUT2D eigenvalue weighted by Gasteiger charge is -2.22. The van der Waals surface area contributed by atoms with Crippen LogP contribution in [0.3, 0.4) is 0 Å². The Morgan fingerprint density at radius 1 is 1.43 bits per heavy atom. The molecule has 0 spiro atoms. The summed E-state index contributed by atoms with van der Waals surface area (Å²) < 4.78 is 1.95. The van der Waals surface area contributed by atoms with Gasteiger partial charge in [-0.15, -0.1) is 11.3 Å². The molecule has 1 N–H and O–H groups in total. The highest BCUT2D eigenvalue weighted by atomic mass is 32.1. The van der Waals surface area contributed by atoms with Crippen LogP contribution >= 0.6 is 11.3 Å². The third kappa shape index (κ3) is 3.69. The van der Waals surface area contributed by atoms with E-state index in [1.807, 2.05) is 31.7 Å². The first-order valence-corrected chi connectivity index (χ1v) is 7.89. The number of rotatable bonds is 5. The van der Waals surface area contributed by atoms with Crippen molar-refractivity contribution in [3.8, 4) is 0 Å². The first kappa shape index (κ1) is 15.7. The molecule has 0 saturated heterocycles. The zero-order valence-corrected chi connectivity index (χ0v) is 14.0. The quantitative estimate of drug-likeness (QED) is 0.923.